The average molecular weight is 345 g/mol. The third-order valence-electron chi connectivity index (χ3n) is 4.63. The summed E-state index contributed by atoms with van der Waals surface area (Å²) in [4.78, 5) is 18.9. The molecule has 1 amide bonds. The number of amides is 1. The molecule has 0 radical (unpaired) electrons. The molecule has 1 atom stereocenters. The van der Waals surface area contributed by atoms with Crippen molar-refractivity contribution >= 4 is 5.91 Å². The molecule has 2 rings (SSSR count). The van der Waals surface area contributed by atoms with Crippen LogP contribution < -0.4 is 4.74 Å². The Morgan fingerprint density at radius 3 is 2.56 bits per heavy atom. The van der Waals surface area contributed by atoms with E-state index in [2.05, 4.69) is 10.1 Å². The molecule has 6 heteroatoms. The van der Waals surface area contributed by atoms with Gasteiger partial charge in [-0.1, -0.05) is 12.1 Å². The van der Waals surface area contributed by atoms with Crippen LogP contribution in [-0.2, 0) is 17.8 Å². The van der Waals surface area contributed by atoms with Gasteiger partial charge in [-0.25, -0.2) is 0 Å². The maximum atomic E-state index is 12.7. The SMILES string of the molecule is COc1c(C)cnc(CN(C)C(=O)C(C)Cc2c(C)noc2C)c1C. The minimum atomic E-state index is -0.158. The van der Waals surface area contributed by atoms with E-state index < -0.39 is 0 Å². The van der Waals surface area contributed by atoms with Crippen LogP contribution in [0, 0.1) is 33.6 Å². The van der Waals surface area contributed by atoms with Crippen molar-refractivity contribution < 1.29 is 14.1 Å². The van der Waals surface area contributed by atoms with Gasteiger partial charge in [0.1, 0.15) is 11.5 Å². The smallest absolute Gasteiger partial charge is 0.225 e. The Hall–Kier alpha value is -2.37. The lowest BCUT2D eigenvalue weighted by molar-refractivity contribution is -0.134. The Balaban J connectivity index is 2.10. The zero-order valence-corrected chi connectivity index (χ0v) is 16.1. The van der Waals surface area contributed by atoms with Crippen LogP contribution in [0.5, 0.6) is 5.75 Å². The maximum Gasteiger partial charge on any atom is 0.225 e. The van der Waals surface area contributed by atoms with Gasteiger partial charge in [0.25, 0.3) is 0 Å². The number of hydrogen-bond acceptors (Lipinski definition) is 5. The van der Waals surface area contributed by atoms with Gasteiger partial charge in [-0.05, 0) is 34.1 Å². The van der Waals surface area contributed by atoms with E-state index in [-0.39, 0.29) is 11.8 Å². The molecule has 136 valence electrons. The van der Waals surface area contributed by atoms with Gasteiger partial charge >= 0.3 is 0 Å². The second-order valence-corrected chi connectivity index (χ2v) is 6.65. The monoisotopic (exact) mass is 345 g/mol. The first-order valence-electron chi connectivity index (χ1n) is 8.42. The Morgan fingerprint density at radius 1 is 1.32 bits per heavy atom. The molecule has 2 heterocycles. The van der Waals surface area contributed by atoms with E-state index in [1.165, 1.54) is 0 Å². The van der Waals surface area contributed by atoms with Crippen LogP contribution >= 0.6 is 0 Å². The summed E-state index contributed by atoms with van der Waals surface area (Å²) >= 11 is 0. The molecule has 0 bridgehead atoms. The quantitative estimate of drug-likeness (QED) is 0.804. The first-order chi connectivity index (χ1) is 11.8. The minimum absolute atomic E-state index is 0.0701. The average Bonchev–Trinajstić information content (AvgIpc) is 2.89. The summed E-state index contributed by atoms with van der Waals surface area (Å²) in [6.45, 7) is 10.1. The fourth-order valence-electron chi connectivity index (χ4n) is 3.10. The first kappa shape index (κ1) is 19.0. The largest absolute Gasteiger partial charge is 0.496 e. The number of aromatic nitrogens is 2. The van der Waals surface area contributed by atoms with E-state index in [4.69, 9.17) is 9.26 Å². The van der Waals surface area contributed by atoms with Crippen LogP contribution in [0.15, 0.2) is 10.7 Å². The summed E-state index contributed by atoms with van der Waals surface area (Å²) in [7, 11) is 3.46. The standard InChI is InChI=1S/C19H27N3O3/c1-11(8-16-14(4)21-25-15(16)5)19(23)22(6)10-17-13(3)18(24-7)12(2)9-20-17/h9,11H,8,10H2,1-7H3. The number of rotatable bonds is 6. The number of methoxy groups -OCH3 is 1. The van der Waals surface area contributed by atoms with Crippen molar-refractivity contribution in [3.63, 3.8) is 0 Å². The second kappa shape index (κ2) is 7.68. The van der Waals surface area contributed by atoms with Crippen molar-refractivity contribution in [3.05, 3.63) is 40.0 Å². The highest BCUT2D eigenvalue weighted by atomic mass is 16.5. The van der Waals surface area contributed by atoms with Gasteiger partial charge in [-0.2, -0.15) is 0 Å². The molecule has 6 nitrogen and oxygen atoms in total. The molecule has 1 unspecified atom stereocenters. The number of aryl methyl sites for hydroxylation is 3. The molecule has 0 aliphatic rings. The predicted molar refractivity (Wildman–Crippen MR) is 95.6 cm³/mol. The lowest BCUT2D eigenvalue weighted by Crippen LogP contribution is -2.33. The molecule has 0 fully saturated rings. The summed E-state index contributed by atoms with van der Waals surface area (Å²) in [5, 5.41) is 3.96. The van der Waals surface area contributed by atoms with Gasteiger partial charge in [0.2, 0.25) is 5.91 Å². The number of pyridine rings is 1. The third kappa shape index (κ3) is 4.00. The molecule has 0 aliphatic carbocycles. The second-order valence-electron chi connectivity index (χ2n) is 6.65. The fourth-order valence-corrected chi connectivity index (χ4v) is 3.10. The highest BCUT2D eigenvalue weighted by Gasteiger charge is 2.22. The summed E-state index contributed by atoms with van der Waals surface area (Å²) < 4.78 is 10.6. The van der Waals surface area contributed by atoms with Crippen molar-refractivity contribution in [1.29, 1.82) is 0 Å². The lowest BCUT2D eigenvalue weighted by atomic mass is 9.98. The van der Waals surface area contributed by atoms with Gasteiger partial charge in [0, 0.05) is 35.9 Å². The number of hydrogen-bond donors (Lipinski definition) is 0. The van der Waals surface area contributed by atoms with E-state index in [0.29, 0.717) is 13.0 Å². The van der Waals surface area contributed by atoms with Gasteiger partial charge in [-0.3, -0.25) is 9.78 Å². The zero-order chi connectivity index (χ0) is 18.7. The number of ether oxygens (including phenoxy) is 1. The van der Waals surface area contributed by atoms with Crippen LogP contribution in [0.2, 0.25) is 0 Å². The van der Waals surface area contributed by atoms with Crippen LogP contribution in [0.25, 0.3) is 0 Å². The van der Waals surface area contributed by atoms with Crippen LogP contribution in [0.1, 0.15) is 40.8 Å². The third-order valence-corrected chi connectivity index (χ3v) is 4.63. The molecule has 0 saturated carbocycles. The molecular formula is C19H27N3O3. The lowest BCUT2D eigenvalue weighted by Gasteiger charge is -2.22. The predicted octanol–water partition coefficient (Wildman–Crippen LogP) is 3.15. The van der Waals surface area contributed by atoms with E-state index >= 15 is 0 Å². The molecule has 0 aliphatic heterocycles. The normalized spacial score (nSPS) is 12.1. The van der Waals surface area contributed by atoms with Gasteiger partial charge in [-0.15, -0.1) is 0 Å². The van der Waals surface area contributed by atoms with Crippen molar-refractivity contribution in [3.8, 4) is 5.75 Å². The van der Waals surface area contributed by atoms with Crippen molar-refractivity contribution in [2.75, 3.05) is 14.2 Å². The summed E-state index contributed by atoms with van der Waals surface area (Å²) in [6, 6.07) is 0. The summed E-state index contributed by atoms with van der Waals surface area (Å²) in [6.07, 6.45) is 2.40. The summed E-state index contributed by atoms with van der Waals surface area (Å²) in [5.41, 5.74) is 4.68. The van der Waals surface area contributed by atoms with Gasteiger partial charge < -0.3 is 14.2 Å². The van der Waals surface area contributed by atoms with Crippen molar-refractivity contribution in [2.45, 2.75) is 47.6 Å². The van der Waals surface area contributed by atoms with E-state index in [1.54, 1.807) is 25.3 Å². The zero-order valence-electron chi connectivity index (χ0n) is 16.1. The van der Waals surface area contributed by atoms with Crippen LogP contribution in [0.3, 0.4) is 0 Å². The molecule has 0 saturated heterocycles. The minimum Gasteiger partial charge on any atom is -0.496 e. The topological polar surface area (TPSA) is 68.5 Å². The van der Waals surface area contributed by atoms with Gasteiger partial charge in [0.05, 0.1) is 25.0 Å². The maximum absolute atomic E-state index is 12.7. The Bertz CT molecular complexity index is 748. The highest BCUT2D eigenvalue weighted by Crippen LogP contribution is 2.25. The van der Waals surface area contributed by atoms with E-state index in [9.17, 15) is 4.79 Å². The van der Waals surface area contributed by atoms with Crippen LogP contribution in [-0.4, -0.2) is 35.1 Å². The summed E-state index contributed by atoms with van der Waals surface area (Å²) in [5.74, 6) is 1.52. The van der Waals surface area contributed by atoms with Crippen molar-refractivity contribution in [1.82, 2.24) is 15.0 Å². The van der Waals surface area contributed by atoms with Crippen molar-refractivity contribution in [2.24, 2.45) is 5.92 Å². The molecule has 2 aromatic heterocycles. The Labute approximate surface area is 149 Å². The first-order valence-corrected chi connectivity index (χ1v) is 8.42. The molecule has 0 spiro atoms. The highest BCUT2D eigenvalue weighted by molar-refractivity contribution is 5.78. The number of nitrogens with zero attached hydrogens (tertiary/aromatic N) is 3. The molecule has 25 heavy (non-hydrogen) atoms. The molecule has 2 aromatic rings. The van der Waals surface area contributed by atoms with Crippen LogP contribution in [0.4, 0.5) is 0 Å². The van der Waals surface area contributed by atoms with Gasteiger partial charge in [0.15, 0.2) is 0 Å². The van der Waals surface area contributed by atoms with E-state index in [1.807, 2.05) is 34.6 Å². The number of carbonyl (C=O) groups is 1. The Morgan fingerprint density at radius 2 is 2.00 bits per heavy atom. The van der Waals surface area contributed by atoms with E-state index in [0.717, 1.165) is 39.6 Å². The Kier molecular flexibility index (Phi) is 5.82. The molecular weight excluding hydrogens is 318 g/mol. The fraction of sp³-hybridized carbons (Fsp3) is 0.526. The number of carbonyl (C=O) groups excluding carboxylic acids is 1. The molecule has 0 aromatic carbocycles. The molecule has 0 N–H and O–H groups in total.